The molecule has 3 aromatic heterocycles. The summed E-state index contributed by atoms with van der Waals surface area (Å²) in [5, 5.41) is 19.3. The number of carbonyl (C=O) groups excluding carboxylic acids is 1. The Kier molecular flexibility index (Phi) is 4.81. The molecule has 0 bridgehead atoms. The van der Waals surface area contributed by atoms with E-state index in [0.29, 0.717) is 5.75 Å². The van der Waals surface area contributed by atoms with Crippen molar-refractivity contribution in [1.82, 2.24) is 15.0 Å². The number of anilines is 1. The third kappa shape index (κ3) is 3.47. The highest BCUT2D eigenvalue weighted by Crippen LogP contribution is 2.37. The van der Waals surface area contributed by atoms with E-state index in [1.165, 1.54) is 18.3 Å². The lowest BCUT2D eigenvalue weighted by atomic mass is 10.2. The number of aliphatic carboxylic acids is 1. The van der Waals surface area contributed by atoms with Crippen molar-refractivity contribution in [3.05, 3.63) is 41.8 Å². The van der Waals surface area contributed by atoms with Crippen molar-refractivity contribution in [2.45, 2.75) is 0 Å². The Hall–Kier alpha value is -3.46. The van der Waals surface area contributed by atoms with Crippen molar-refractivity contribution >= 4 is 40.7 Å². The molecule has 3 rings (SSSR count). The fourth-order valence-corrected chi connectivity index (χ4v) is 2.43. The third-order valence-corrected chi connectivity index (χ3v) is 3.56. The number of aromatic hydroxyl groups is 1. The maximum absolute atomic E-state index is 11.1. The highest BCUT2D eigenvalue weighted by atomic mass is 35.5. The first kappa shape index (κ1) is 17.4. The number of carboxylic acids is 1. The Morgan fingerprint density at radius 1 is 1.31 bits per heavy atom. The molecule has 2 N–H and O–H groups in total. The van der Waals surface area contributed by atoms with Crippen molar-refractivity contribution in [2.75, 3.05) is 11.4 Å². The molecular formula is C16H11ClN4O5. The van der Waals surface area contributed by atoms with Gasteiger partial charge in [0.2, 0.25) is 12.3 Å². The number of carbonyl (C=O) groups is 2. The van der Waals surface area contributed by atoms with Crippen molar-refractivity contribution in [3.8, 4) is 17.4 Å². The van der Waals surface area contributed by atoms with Crippen LogP contribution in [-0.2, 0) is 9.59 Å². The minimum atomic E-state index is -1.27. The molecular weight excluding hydrogens is 364 g/mol. The zero-order chi connectivity index (χ0) is 18.7. The van der Waals surface area contributed by atoms with Crippen LogP contribution < -0.4 is 9.64 Å². The van der Waals surface area contributed by atoms with Crippen LogP contribution in [0.25, 0.3) is 10.9 Å². The average molecular weight is 375 g/mol. The number of fused-ring (bicyclic) bond motifs is 1. The second-order valence-corrected chi connectivity index (χ2v) is 5.40. The van der Waals surface area contributed by atoms with E-state index in [0.717, 1.165) is 4.90 Å². The van der Waals surface area contributed by atoms with Gasteiger partial charge in [-0.15, -0.1) is 0 Å². The van der Waals surface area contributed by atoms with Gasteiger partial charge in [-0.1, -0.05) is 11.6 Å². The molecule has 1 amide bonds. The quantitative estimate of drug-likeness (QED) is 0.497. The van der Waals surface area contributed by atoms with Crippen molar-refractivity contribution in [1.29, 1.82) is 0 Å². The number of hydrogen-bond donors (Lipinski definition) is 2. The van der Waals surface area contributed by atoms with Gasteiger partial charge in [-0.2, -0.15) is 0 Å². The van der Waals surface area contributed by atoms with Crippen LogP contribution in [0.2, 0.25) is 5.15 Å². The van der Waals surface area contributed by atoms with Gasteiger partial charge in [-0.05, 0) is 18.2 Å². The van der Waals surface area contributed by atoms with E-state index < -0.39 is 18.3 Å². The Balaban J connectivity index is 2.04. The van der Waals surface area contributed by atoms with E-state index >= 15 is 0 Å². The fraction of sp³-hybridized carbons (Fsp3) is 0.0625. The summed E-state index contributed by atoms with van der Waals surface area (Å²) >= 11 is 6.10. The number of pyridine rings is 3. The molecule has 0 saturated carbocycles. The number of nitrogens with zero attached hydrogens (tertiary/aromatic N) is 4. The van der Waals surface area contributed by atoms with E-state index in [9.17, 15) is 14.7 Å². The predicted molar refractivity (Wildman–Crippen MR) is 91.6 cm³/mol. The summed E-state index contributed by atoms with van der Waals surface area (Å²) in [6.07, 6.45) is 3.34. The van der Waals surface area contributed by atoms with Crippen LogP contribution in [-0.4, -0.2) is 44.1 Å². The van der Waals surface area contributed by atoms with Gasteiger partial charge < -0.3 is 14.9 Å². The van der Waals surface area contributed by atoms with Crippen LogP contribution >= 0.6 is 11.6 Å². The second-order valence-electron chi connectivity index (χ2n) is 5.04. The van der Waals surface area contributed by atoms with Crippen LogP contribution in [0.3, 0.4) is 0 Å². The lowest BCUT2D eigenvalue weighted by Gasteiger charge is -2.17. The molecule has 10 heteroatoms. The summed E-state index contributed by atoms with van der Waals surface area (Å²) in [5.41, 5.74) is 0.135. The molecule has 3 heterocycles. The Morgan fingerprint density at radius 3 is 2.77 bits per heavy atom. The van der Waals surface area contributed by atoms with Crippen LogP contribution in [0, 0.1) is 0 Å². The SMILES string of the molecule is O=CN(CC(=O)O)c1nc(Cl)c2nc(Oc3cccnc3)ccc2c1O. The Morgan fingerprint density at radius 2 is 2.12 bits per heavy atom. The topological polar surface area (TPSA) is 126 Å². The molecule has 26 heavy (non-hydrogen) atoms. The average Bonchev–Trinajstić information content (AvgIpc) is 2.63. The fourth-order valence-electron chi connectivity index (χ4n) is 2.20. The molecule has 0 fully saturated rings. The van der Waals surface area contributed by atoms with Crippen molar-refractivity contribution < 1.29 is 24.5 Å². The number of amides is 1. The van der Waals surface area contributed by atoms with Gasteiger partial charge in [0, 0.05) is 17.6 Å². The Labute approximate surface area is 151 Å². The molecule has 0 saturated heterocycles. The third-order valence-electron chi connectivity index (χ3n) is 3.30. The van der Waals surface area contributed by atoms with E-state index in [4.69, 9.17) is 21.4 Å². The maximum atomic E-state index is 11.1. The lowest BCUT2D eigenvalue weighted by molar-refractivity contribution is -0.136. The largest absolute Gasteiger partial charge is 0.504 e. The number of aromatic nitrogens is 3. The molecule has 9 nitrogen and oxygen atoms in total. The molecule has 0 radical (unpaired) electrons. The van der Waals surface area contributed by atoms with Gasteiger partial charge in [0.15, 0.2) is 16.7 Å². The van der Waals surface area contributed by atoms with Gasteiger partial charge in [-0.25, -0.2) is 9.97 Å². The molecule has 0 unspecified atom stereocenters. The number of halogens is 1. The predicted octanol–water partition coefficient (Wildman–Crippen LogP) is 2.22. The minimum Gasteiger partial charge on any atom is -0.504 e. The molecule has 0 aliphatic heterocycles. The van der Waals surface area contributed by atoms with Crippen molar-refractivity contribution in [3.63, 3.8) is 0 Å². The van der Waals surface area contributed by atoms with E-state index in [1.54, 1.807) is 18.3 Å². The second kappa shape index (κ2) is 7.19. The monoisotopic (exact) mass is 374 g/mol. The molecule has 0 aromatic carbocycles. The molecule has 132 valence electrons. The number of hydrogen-bond acceptors (Lipinski definition) is 7. The molecule has 0 aliphatic rings. The summed E-state index contributed by atoms with van der Waals surface area (Å²) in [6, 6.07) is 6.34. The normalized spacial score (nSPS) is 10.5. The van der Waals surface area contributed by atoms with Gasteiger partial charge in [-0.3, -0.25) is 19.5 Å². The number of carboxylic acid groups (broad SMARTS) is 1. The minimum absolute atomic E-state index is 0.123. The van der Waals surface area contributed by atoms with Gasteiger partial charge in [0.1, 0.15) is 17.8 Å². The zero-order valence-corrected chi connectivity index (χ0v) is 13.8. The van der Waals surface area contributed by atoms with Gasteiger partial charge in [0.05, 0.1) is 6.20 Å². The summed E-state index contributed by atoms with van der Waals surface area (Å²) in [4.78, 5) is 34.7. The van der Waals surface area contributed by atoms with E-state index in [-0.39, 0.29) is 34.2 Å². The highest BCUT2D eigenvalue weighted by Gasteiger charge is 2.21. The van der Waals surface area contributed by atoms with Crippen LogP contribution in [0.15, 0.2) is 36.7 Å². The first-order valence-electron chi connectivity index (χ1n) is 7.20. The Bertz CT molecular complexity index is 983. The van der Waals surface area contributed by atoms with E-state index in [1.807, 2.05) is 0 Å². The smallest absolute Gasteiger partial charge is 0.323 e. The summed E-state index contributed by atoms with van der Waals surface area (Å²) in [7, 11) is 0. The number of ether oxygens (including phenoxy) is 1. The highest BCUT2D eigenvalue weighted by molar-refractivity contribution is 6.34. The van der Waals surface area contributed by atoms with Gasteiger partial charge in [0.25, 0.3) is 0 Å². The van der Waals surface area contributed by atoms with Crippen LogP contribution in [0.5, 0.6) is 17.4 Å². The number of rotatable bonds is 6. The standard InChI is InChI=1S/C16H11ClN4O5/c17-15-13-10(14(25)16(20-15)21(8-22)7-12(23)24)3-4-11(19-13)26-9-2-1-5-18-6-9/h1-6,8,25H,7H2,(H,23,24). The molecule has 0 aliphatic carbocycles. The lowest BCUT2D eigenvalue weighted by Crippen LogP contribution is -2.29. The first-order chi connectivity index (χ1) is 12.5. The molecule has 3 aromatic rings. The summed E-state index contributed by atoms with van der Waals surface area (Å²) in [5.74, 6) is -1.31. The van der Waals surface area contributed by atoms with Gasteiger partial charge >= 0.3 is 5.97 Å². The van der Waals surface area contributed by atoms with Crippen LogP contribution in [0.4, 0.5) is 5.82 Å². The first-order valence-corrected chi connectivity index (χ1v) is 7.58. The molecule has 0 spiro atoms. The maximum Gasteiger partial charge on any atom is 0.323 e. The van der Waals surface area contributed by atoms with Crippen molar-refractivity contribution in [2.24, 2.45) is 0 Å². The molecule has 0 atom stereocenters. The summed E-state index contributed by atoms with van der Waals surface area (Å²) in [6.45, 7) is -0.679. The van der Waals surface area contributed by atoms with Crippen LogP contribution in [0.1, 0.15) is 0 Å². The zero-order valence-electron chi connectivity index (χ0n) is 13.0. The van der Waals surface area contributed by atoms with E-state index in [2.05, 4.69) is 15.0 Å². The summed E-state index contributed by atoms with van der Waals surface area (Å²) < 4.78 is 5.55.